The molecule has 0 aromatic rings. The van der Waals surface area contributed by atoms with E-state index in [1.54, 1.807) is 0 Å². The van der Waals surface area contributed by atoms with Gasteiger partial charge in [-0.2, -0.15) is 0 Å². The van der Waals surface area contributed by atoms with Gasteiger partial charge < -0.3 is 24.6 Å². The van der Waals surface area contributed by atoms with E-state index in [0.717, 1.165) is 57.8 Å². The van der Waals surface area contributed by atoms with Gasteiger partial charge >= 0.3 is 13.8 Å². The third-order valence-electron chi connectivity index (χ3n) is 9.58. The highest BCUT2D eigenvalue weighted by Crippen LogP contribution is 2.43. The molecule has 0 aliphatic heterocycles. The summed E-state index contributed by atoms with van der Waals surface area (Å²) >= 11 is 0. The van der Waals surface area contributed by atoms with E-state index in [1.165, 1.54) is 96.3 Å². The Balaban J connectivity index is 4.25. The first kappa shape index (κ1) is 57.6. The van der Waals surface area contributed by atoms with E-state index in [4.69, 9.17) is 23.6 Å². The highest BCUT2D eigenvalue weighted by molar-refractivity contribution is 7.47. The van der Waals surface area contributed by atoms with Gasteiger partial charge in [0.2, 0.25) is 0 Å². The van der Waals surface area contributed by atoms with Gasteiger partial charge in [-0.15, -0.1) is 0 Å². The second-order valence-electron chi connectivity index (χ2n) is 15.4. The summed E-state index contributed by atoms with van der Waals surface area (Å²) in [5.41, 5.74) is 0. The Morgan fingerprint density at radius 1 is 0.533 bits per heavy atom. The van der Waals surface area contributed by atoms with Crippen molar-refractivity contribution < 1.29 is 43.0 Å². The van der Waals surface area contributed by atoms with Crippen molar-refractivity contribution in [3.63, 3.8) is 0 Å². The molecular weight excluding hydrogens is 776 g/mol. The summed E-state index contributed by atoms with van der Waals surface area (Å²) < 4.78 is 33.4. The maximum absolute atomic E-state index is 12.6. The normalized spacial score (nSPS) is 14.7. The number of allylic oxidation sites excluding steroid dienone is 14. The molecule has 9 nitrogen and oxygen atoms in total. The van der Waals surface area contributed by atoms with Crippen LogP contribution in [0.1, 0.15) is 181 Å². The molecule has 0 bridgehead atoms. The second kappa shape index (κ2) is 46.2. The monoisotopic (exact) mass is 863 g/mol. The minimum atomic E-state index is -4.55. The summed E-state index contributed by atoms with van der Waals surface area (Å²) in [4.78, 5) is 22.6. The molecule has 346 valence electrons. The lowest BCUT2D eigenvalue weighted by Gasteiger charge is -2.20. The molecule has 3 atom stereocenters. The average Bonchev–Trinajstić information content (AvgIpc) is 3.24. The SMILES string of the molecule is CC/C=C\C/C=C\C/C=C\C/C=C\C/C=C\C/C=C\CCC(=O)OC(COCCCCCCCCCCCC/C=C\CCCCCCCC)COP(=O)(O)OCC(O)CO. The van der Waals surface area contributed by atoms with Crippen molar-refractivity contribution in [3.8, 4) is 0 Å². The van der Waals surface area contributed by atoms with Crippen LogP contribution in [0.15, 0.2) is 85.1 Å². The third-order valence-corrected chi connectivity index (χ3v) is 10.5. The van der Waals surface area contributed by atoms with E-state index in [-0.39, 0.29) is 13.0 Å². The van der Waals surface area contributed by atoms with Crippen molar-refractivity contribution in [2.75, 3.05) is 33.0 Å². The molecule has 0 aromatic carbocycles. The lowest BCUT2D eigenvalue weighted by molar-refractivity contribution is -0.154. The summed E-state index contributed by atoms with van der Waals surface area (Å²) in [5.74, 6) is -0.466. The van der Waals surface area contributed by atoms with Gasteiger partial charge in [0.1, 0.15) is 12.2 Å². The number of carbonyl (C=O) groups is 1. The van der Waals surface area contributed by atoms with Crippen LogP contribution in [0.5, 0.6) is 0 Å². The molecule has 3 N–H and O–H groups in total. The van der Waals surface area contributed by atoms with Crippen molar-refractivity contribution in [1.29, 1.82) is 0 Å². The average molecular weight is 863 g/mol. The molecule has 0 saturated heterocycles. The first-order chi connectivity index (χ1) is 29.3. The van der Waals surface area contributed by atoms with Crippen molar-refractivity contribution in [1.82, 2.24) is 0 Å². The Morgan fingerprint density at radius 3 is 1.43 bits per heavy atom. The van der Waals surface area contributed by atoms with Gasteiger partial charge in [0.15, 0.2) is 0 Å². The van der Waals surface area contributed by atoms with Crippen LogP contribution >= 0.6 is 7.82 Å². The molecule has 0 aliphatic carbocycles. The van der Waals surface area contributed by atoms with Crippen molar-refractivity contribution >= 4 is 13.8 Å². The van der Waals surface area contributed by atoms with Crippen LogP contribution in [-0.2, 0) is 27.9 Å². The van der Waals surface area contributed by atoms with Crippen LogP contribution in [0.4, 0.5) is 0 Å². The van der Waals surface area contributed by atoms with Crippen LogP contribution in [0.3, 0.4) is 0 Å². The molecule has 0 radical (unpaired) electrons. The number of aliphatic hydroxyl groups is 2. The maximum Gasteiger partial charge on any atom is 0.472 e. The first-order valence-electron chi connectivity index (χ1n) is 23.6. The lowest BCUT2D eigenvalue weighted by Crippen LogP contribution is -2.29. The molecule has 0 aromatic heterocycles. The van der Waals surface area contributed by atoms with Crippen molar-refractivity contribution in [2.45, 2.75) is 193 Å². The van der Waals surface area contributed by atoms with Crippen LogP contribution in [0, 0.1) is 0 Å². The van der Waals surface area contributed by atoms with E-state index in [9.17, 15) is 19.4 Å². The van der Waals surface area contributed by atoms with E-state index in [1.807, 2.05) is 12.2 Å². The van der Waals surface area contributed by atoms with Gasteiger partial charge in [0.25, 0.3) is 0 Å². The van der Waals surface area contributed by atoms with E-state index >= 15 is 0 Å². The molecule has 0 spiro atoms. The summed E-state index contributed by atoms with van der Waals surface area (Å²) in [7, 11) is -4.55. The van der Waals surface area contributed by atoms with Crippen molar-refractivity contribution in [3.05, 3.63) is 85.1 Å². The van der Waals surface area contributed by atoms with E-state index in [2.05, 4.69) is 86.8 Å². The number of phosphoric ester groups is 1. The van der Waals surface area contributed by atoms with Crippen LogP contribution in [0.2, 0.25) is 0 Å². The predicted octanol–water partition coefficient (Wildman–Crippen LogP) is 13.5. The molecule has 0 fully saturated rings. The topological polar surface area (TPSA) is 132 Å². The molecule has 0 aliphatic rings. The van der Waals surface area contributed by atoms with Crippen LogP contribution in [0.25, 0.3) is 0 Å². The summed E-state index contributed by atoms with van der Waals surface area (Å²) in [6, 6.07) is 0. The fourth-order valence-electron chi connectivity index (χ4n) is 6.02. The number of unbranched alkanes of at least 4 members (excludes halogenated alkanes) is 16. The minimum absolute atomic E-state index is 0.0137. The number of phosphoric acid groups is 1. The Labute approximate surface area is 366 Å². The minimum Gasteiger partial charge on any atom is -0.457 e. The lowest BCUT2D eigenvalue weighted by atomic mass is 10.1. The Kier molecular flexibility index (Phi) is 44.3. The summed E-state index contributed by atoms with van der Waals surface area (Å²) in [5, 5.41) is 18.4. The van der Waals surface area contributed by atoms with Crippen LogP contribution < -0.4 is 0 Å². The third kappa shape index (κ3) is 45.2. The van der Waals surface area contributed by atoms with Gasteiger partial charge in [-0.05, 0) is 77.0 Å². The van der Waals surface area contributed by atoms with Gasteiger partial charge in [-0.3, -0.25) is 13.8 Å². The smallest absolute Gasteiger partial charge is 0.457 e. The number of rotatable bonds is 44. The number of ether oxygens (including phenoxy) is 2. The number of hydrogen-bond acceptors (Lipinski definition) is 8. The molecular formula is C50H87O9P. The number of hydrogen-bond donors (Lipinski definition) is 3. The quantitative estimate of drug-likeness (QED) is 0.0237. The van der Waals surface area contributed by atoms with E-state index < -0.39 is 45.8 Å². The second-order valence-corrected chi connectivity index (χ2v) is 16.8. The Bertz CT molecular complexity index is 1210. The Hall–Kier alpha value is -2.36. The molecule has 0 saturated carbocycles. The number of esters is 1. The molecule has 60 heavy (non-hydrogen) atoms. The molecule has 10 heteroatoms. The zero-order valence-electron chi connectivity index (χ0n) is 37.9. The zero-order valence-corrected chi connectivity index (χ0v) is 38.8. The largest absolute Gasteiger partial charge is 0.472 e. The Morgan fingerprint density at radius 2 is 0.950 bits per heavy atom. The molecule has 0 rings (SSSR count). The van der Waals surface area contributed by atoms with Gasteiger partial charge in [0, 0.05) is 13.0 Å². The fourth-order valence-corrected chi connectivity index (χ4v) is 6.81. The van der Waals surface area contributed by atoms with E-state index in [0.29, 0.717) is 13.0 Å². The summed E-state index contributed by atoms with van der Waals surface area (Å²) in [6.07, 6.45) is 57.0. The molecule has 0 amide bonds. The zero-order chi connectivity index (χ0) is 43.9. The van der Waals surface area contributed by atoms with Crippen molar-refractivity contribution in [2.24, 2.45) is 0 Å². The maximum atomic E-state index is 12.6. The fraction of sp³-hybridized carbons (Fsp3) is 0.700. The van der Waals surface area contributed by atoms with Gasteiger partial charge in [0.05, 0.1) is 26.4 Å². The highest BCUT2D eigenvalue weighted by atomic mass is 31.2. The standard InChI is InChI=1S/C50H87O9P/c1-3-5-7-9-11-13-15-17-19-21-23-25-27-29-31-33-35-37-39-41-43-56-46-49(47-58-60(54,55)57-45-48(52)44-51)59-50(53)42-40-38-36-34-32-30-28-26-24-22-20-18-16-14-12-10-8-6-4-2/h6,8,12,14,17-20,24,26,30,32,36,38,48-49,51-52H,3-5,7,9-11,13,15-16,21-23,25,27-29,31,33-35,37,39-47H2,1-2H3,(H,54,55)/b8-6-,14-12-,19-17-,20-18-,26-24-,32-30-,38-36-. The molecule has 0 heterocycles. The van der Waals surface area contributed by atoms with Crippen LogP contribution in [-0.4, -0.2) is 66.3 Å². The first-order valence-corrected chi connectivity index (χ1v) is 25.1. The highest BCUT2D eigenvalue weighted by Gasteiger charge is 2.26. The van der Waals surface area contributed by atoms with Gasteiger partial charge in [-0.1, -0.05) is 182 Å². The molecule has 3 unspecified atom stereocenters. The predicted molar refractivity (Wildman–Crippen MR) is 251 cm³/mol. The number of carbonyl (C=O) groups excluding carboxylic acids is 1. The van der Waals surface area contributed by atoms with Gasteiger partial charge in [-0.25, -0.2) is 4.57 Å². The number of aliphatic hydroxyl groups excluding tert-OH is 2. The summed E-state index contributed by atoms with van der Waals surface area (Å²) in [6.45, 7) is 3.29.